The molecule has 0 saturated carbocycles. The zero-order chi connectivity index (χ0) is 17.9. The summed E-state index contributed by atoms with van der Waals surface area (Å²) in [5, 5.41) is 7.84. The molecule has 0 N–H and O–H groups in total. The van der Waals surface area contributed by atoms with Crippen LogP contribution in [-0.4, -0.2) is 29.3 Å². The van der Waals surface area contributed by atoms with Crippen molar-refractivity contribution in [1.82, 2.24) is 29.3 Å². The molecule has 0 aliphatic heterocycles. The smallest absolute Gasteiger partial charge is 0.196 e. The Morgan fingerprint density at radius 2 is 1.58 bits per heavy atom. The van der Waals surface area contributed by atoms with Crippen LogP contribution in [0.25, 0.3) is 0 Å². The summed E-state index contributed by atoms with van der Waals surface area (Å²) in [7, 11) is 0. The second-order valence-electron chi connectivity index (χ2n) is 5.91. The first-order chi connectivity index (χ1) is 11.4. The Morgan fingerprint density at radius 1 is 0.917 bits per heavy atom. The van der Waals surface area contributed by atoms with Gasteiger partial charge in [-0.1, -0.05) is 27.7 Å². The summed E-state index contributed by atoms with van der Waals surface area (Å²) in [5.74, 6) is 2.64. The molecule has 0 aliphatic rings. The van der Waals surface area contributed by atoms with Crippen molar-refractivity contribution >= 4 is 11.5 Å². The van der Waals surface area contributed by atoms with Gasteiger partial charge in [-0.3, -0.25) is 0 Å². The molecule has 0 amide bonds. The van der Waals surface area contributed by atoms with Crippen LogP contribution in [0.1, 0.15) is 71.1 Å². The number of hydrogen-bond acceptors (Lipinski definition) is 7. The van der Waals surface area contributed by atoms with Gasteiger partial charge in [-0.05, 0) is 25.4 Å². The van der Waals surface area contributed by atoms with Crippen molar-refractivity contribution in [2.45, 2.75) is 59.4 Å². The minimum absolute atomic E-state index is 0.380. The molecule has 0 fully saturated rings. The lowest BCUT2D eigenvalue weighted by Crippen LogP contribution is -2.03. The van der Waals surface area contributed by atoms with Crippen LogP contribution in [0, 0.1) is 0 Å². The lowest BCUT2D eigenvalue weighted by Gasteiger charge is -1.99. The molecular weight excluding hydrogens is 324 g/mol. The van der Waals surface area contributed by atoms with Crippen molar-refractivity contribution in [3.05, 3.63) is 42.1 Å². The van der Waals surface area contributed by atoms with Gasteiger partial charge in [-0.2, -0.15) is 19.4 Å². The van der Waals surface area contributed by atoms with Crippen molar-refractivity contribution in [3.63, 3.8) is 0 Å². The normalized spacial score (nSPS) is 10.4. The third-order valence-corrected chi connectivity index (χ3v) is 3.23. The van der Waals surface area contributed by atoms with E-state index in [-0.39, 0.29) is 0 Å². The molecule has 8 heteroatoms. The Balaban J connectivity index is 0.000000180. The van der Waals surface area contributed by atoms with Gasteiger partial charge < -0.3 is 4.42 Å². The van der Waals surface area contributed by atoms with Crippen LogP contribution >= 0.6 is 11.5 Å². The monoisotopic (exact) mass is 350 g/mol. The van der Waals surface area contributed by atoms with Gasteiger partial charge >= 0.3 is 0 Å². The summed E-state index contributed by atoms with van der Waals surface area (Å²) in [6.45, 7) is 12.3. The van der Waals surface area contributed by atoms with E-state index in [0.717, 1.165) is 11.7 Å². The van der Waals surface area contributed by atoms with Crippen LogP contribution in [0.15, 0.2) is 34.8 Å². The maximum Gasteiger partial charge on any atom is 0.196 e. The standard InChI is InChI=1S/C6H9NO.C5H9N3.C5H8N2S/c1-5(2)6-7-3-4-8-6;1-5(2)8-6-3-4-7-8;1-4(2)5-6-3-8-7-5/h2*3-5H,1-2H3;3-4H,1-2H3. The first kappa shape index (κ1) is 20.0. The average molecular weight is 350 g/mol. The lowest BCUT2D eigenvalue weighted by atomic mass is 10.2. The van der Waals surface area contributed by atoms with Gasteiger partial charge in [-0.15, -0.1) is 0 Å². The molecule has 0 saturated heterocycles. The first-order valence-corrected chi connectivity index (χ1v) is 8.76. The first-order valence-electron chi connectivity index (χ1n) is 7.93. The molecule has 3 aromatic heterocycles. The molecule has 3 aromatic rings. The number of hydrogen-bond donors (Lipinski definition) is 0. The predicted octanol–water partition coefficient (Wildman–Crippen LogP) is 4.32. The fraction of sp³-hybridized carbons (Fsp3) is 0.562. The Kier molecular flexibility index (Phi) is 8.85. The van der Waals surface area contributed by atoms with Crippen molar-refractivity contribution in [2.24, 2.45) is 0 Å². The van der Waals surface area contributed by atoms with Crippen LogP contribution in [0.2, 0.25) is 0 Å². The fourth-order valence-electron chi connectivity index (χ4n) is 1.45. The van der Waals surface area contributed by atoms with Crippen molar-refractivity contribution < 1.29 is 4.42 Å². The molecule has 0 unspecified atom stereocenters. The third-order valence-electron chi connectivity index (χ3n) is 2.74. The van der Waals surface area contributed by atoms with E-state index in [1.807, 2.05) is 27.7 Å². The van der Waals surface area contributed by atoms with E-state index in [1.54, 1.807) is 35.2 Å². The van der Waals surface area contributed by atoms with E-state index in [0.29, 0.717) is 17.9 Å². The molecule has 0 aromatic carbocycles. The largest absolute Gasteiger partial charge is 0.449 e. The molecule has 3 heterocycles. The van der Waals surface area contributed by atoms with Gasteiger partial charge in [0.05, 0.1) is 24.6 Å². The highest BCUT2D eigenvalue weighted by Gasteiger charge is 2.00. The van der Waals surface area contributed by atoms with Crippen LogP contribution in [0.4, 0.5) is 0 Å². The topological polar surface area (TPSA) is 82.5 Å². The highest BCUT2D eigenvalue weighted by Crippen LogP contribution is 2.09. The van der Waals surface area contributed by atoms with Gasteiger partial charge in [0, 0.05) is 11.8 Å². The second kappa shape index (κ2) is 10.6. The Bertz CT molecular complexity index is 527. The third kappa shape index (κ3) is 7.45. The summed E-state index contributed by atoms with van der Waals surface area (Å²) in [5.41, 5.74) is 1.76. The molecule has 0 radical (unpaired) electrons. The van der Waals surface area contributed by atoms with Crippen molar-refractivity contribution in [2.75, 3.05) is 0 Å². The van der Waals surface area contributed by atoms with Crippen molar-refractivity contribution in [3.8, 4) is 0 Å². The van der Waals surface area contributed by atoms with E-state index in [1.165, 1.54) is 11.5 Å². The molecule has 0 aliphatic carbocycles. The van der Waals surface area contributed by atoms with E-state index in [2.05, 4.69) is 38.4 Å². The fourth-order valence-corrected chi connectivity index (χ4v) is 2.01. The van der Waals surface area contributed by atoms with Gasteiger partial charge in [-0.25, -0.2) is 9.97 Å². The summed E-state index contributed by atoms with van der Waals surface area (Å²) < 4.78 is 9.03. The molecule has 24 heavy (non-hydrogen) atoms. The Labute approximate surface area is 147 Å². The molecule has 132 valence electrons. The molecule has 0 atom stereocenters. The number of oxazole rings is 1. The van der Waals surface area contributed by atoms with E-state index >= 15 is 0 Å². The molecular formula is C16H26N6OS. The minimum atomic E-state index is 0.380. The number of nitrogens with zero attached hydrogens (tertiary/aromatic N) is 6. The van der Waals surface area contributed by atoms with Gasteiger partial charge in [0.2, 0.25) is 0 Å². The summed E-state index contributed by atoms with van der Waals surface area (Å²) in [6.07, 6.45) is 6.62. The van der Waals surface area contributed by atoms with Crippen LogP contribution in [0.3, 0.4) is 0 Å². The van der Waals surface area contributed by atoms with Crippen LogP contribution in [0.5, 0.6) is 0 Å². The Morgan fingerprint density at radius 3 is 1.83 bits per heavy atom. The molecule has 3 rings (SSSR count). The summed E-state index contributed by atoms with van der Waals surface area (Å²) >= 11 is 1.41. The number of rotatable bonds is 3. The van der Waals surface area contributed by atoms with E-state index in [9.17, 15) is 0 Å². The maximum atomic E-state index is 4.98. The average Bonchev–Trinajstić information content (AvgIpc) is 3.29. The SMILES string of the molecule is CC(C)c1ncco1.CC(C)c1ncsn1.CC(C)n1nccn1. The van der Waals surface area contributed by atoms with E-state index < -0.39 is 0 Å². The minimum Gasteiger partial charge on any atom is -0.449 e. The van der Waals surface area contributed by atoms with E-state index in [4.69, 9.17) is 4.42 Å². The number of aromatic nitrogens is 6. The summed E-state index contributed by atoms with van der Waals surface area (Å²) in [6, 6.07) is 0.380. The Hall–Kier alpha value is -2.09. The van der Waals surface area contributed by atoms with Crippen LogP contribution < -0.4 is 0 Å². The summed E-state index contributed by atoms with van der Waals surface area (Å²) in [4.78, 5) is 9.64. The maximum absolute atomic E-state index is 4.98. The zero-order valence-corrected chi connectivity index (χ0v) is 15.9. The molecule has 0 bridgehead atoms. The lowest BCUT2D eigenvalue weighted by molar-refractivity contribution is 0.466. The zero-order valence-electron chi connectivity index (χ0n) is 15.1. The van der Waals surface area contributed by atoms with Gasteiger partial charge in [0.1, 0.15) is 17.6 Å². The second-order valence-corrected chi connectivity index (χ2v) is 6.52. The molecule has 0 spiro atoms. The van der Waals surface area contributed by atoms with Gasteiger partial charge in [0.25, 0.3) is 0 Å². The molecule has 7 nitrogen and oxygen atoms in total. The van der Waals surface area contributed by atoms with Crippen LogP contribution in [-0.2, 0) is 0 Å². The highest BCUT2D eigenvalue weighted by atomic mass is 32.1. The van der Waals surface area contributed by atoms with Gasteiger partial charge in [0.15, 0.2) is 5.89 Å². The predicted molar refractivity (Wildman–Crippen MR) is 95.0 cm³/mol. The van der Waals surface area contributed by atoms with Crippen molar-refractivity contribution in [1.29, 1.82) is 0 Å². The highest BCUT2D eigenvalue weighted by molar-refractivity contribution is 7.03. The quantitative estimate of drug-likeness (QED) is 0.699.